The number of nitrogens with two attached hydrogens (primary N) is 1. The van der Waals surface area contributed by atoms with E-state index in [1.807, 2.05) is 0 Å². The summed E-state index contributed by atoms with van der Waals surface area (Å²) in [5.41, 5.74) is 9.53. The van der Waals surface area contributed by atoms with Gasteiger partial charge in [-0.1, -0.05) is 105 Å². The van der Waals surface area contributed by atoms with E-state index in [0.717, 1.165) is 6.42 Å². The lowest BCUT2D eigenvalue weighted by Crippen LogP contribution is -2.45. The highest BCUT2D eigenvalue weighted by Crippen LogP contribution is 2.40. The molecule has 1 fully saturated rings. The van der Waals surface area contributed by atoms with E-state index in [4.69, 9.17) is 5.73 Å². The van der Waals surface area contributed by atoms with Crippen LogP contribution in [0, 0.1) is 5.92 Å². The van der Waals surface area contributed by atoms with Gasteiger partial charge in [-0.2, -0.15) is 0 Å². The molecule has 0 heterocycles. The van der Waals surface area contributed by atoms with Crippen molar-refractivity contribution in [1.82, 2.24) is 0 Å². The second-order valence-electron chi connectivity index (χ2n) is 7.50. The Morgan fingerprint density at radius 3 is 2.20 bits per heavy atom. The van der Waals surface area contributed by atoms with E-state index in [1.165, 1.54) is 56.1 Å². The van der Waals surface area contributed by atoms with Gasteiger partial charge in [0.05, 0.1) is 0 Å². The van der Waals surface area contributed by atoms with Crippen LogP contribution in [0.25, 0.3) is 0 Å². The zero-order valence-corrected chi connectivity index (χ0v) is 15.2. The summed E-state index contributed by atoms with van der Waals surface area (Å²) in [6.07, 6.45) is 25.0. The number of rotatable bonds is 4. The summed E-state index contributed by atoms with van der Waals surface area (Å²) in [5.74, 6) is 0.550. The van der Waals surface area contributed by atoms with Crippen LogP contribution in [0.15, 0.2) is 78.4 Å². The summed E-state index contributed by atoms with van der Waals surface area (Å²) in [6.45, 7) is 0. The third-order valence-electron chi connectivity index (χ3n) is 5.71. The van der Waals surface area contributed by atoms with Crippen LogP contribution in [0.3, 0.4) is 0 Å². The lowest BCUT2D eigenvalue weighted by atomic mass is 9.69. The van der Waals surface area contributed by atoms with E-state index < -0.39 is 0 Å². The molecule has 1 atom stereocenters. The molecule has 1 nitrogen and oxygen atoms in total. The lowest BCUT2D eigenvalue weighted by Gasteiger charge is -2.40. The Balaban J connectivity index is 1.91. The minimum absolute atomic E-state index is 0.286. The first-order chi connectivity index (χ1) is 12.3. The predicted molar refractivity (Wildman–Crippen MR) is 108 cm³/mol. The smallest absolute Gasteiger partial charge is 0.0478 e. The van der Waals surface area contributed by atoms with Gasteiger partial charge in [0.15, 0.2) is 0 Å². The number of hydrogen-bond donors (Lipinski definition) is 1. The average Bonchev–Trinajstić information content (AvgIpc) is 2.57. The Hall–Kier alpha value is -1.86. The van der Waals surface area contributed by atoms with Gasteiger partial charge < -0.3 is 5.73 Å². The van der Waals surface area contributed by atoms with Crippen LogP contribution in [0.1, 0.15) is 56.9 Å². The van der Waals surface area contributed by atoms with Crippen molar-refractivity contribution in [1.29, 1.82) is 0 Å². The topological polar surface area (TPSA) is 26.0 Å². The molecule has 132 valence electrons. The van der Waals surface area contributed by atoms with Crippen LogP contribution >= 0.6 is 0 Å². The highest BCUT2D eigenvalue weighted by Gasteiger charge is 2.36. The molecule has 0 spiro atoms. The lowest BCUT2D eigenvalue weighted by molar-refractivity contribution is 0.219. The van der Waals surface area contributed by atoms with E-state index in [1.54, 1.807) is 0 Å². The van der Waals surface area contributed by atoms with Crippen LogP contribution in [0.2, 0.25) is 0 Å². The van der Waals surface area contributed by atoms with Crippen LogP contribution in [0.4, 0.5) is 0 Å². The Morgan fingerprint density at radius 1 is 0.800 bits per heavy atom. The van der Waals surface area contributed by atoms with E-state index >= 15 is 0 Å². The zero-order chi connectivity index (χ0) is 17.4. The summed E-state index contributed by atoms with van der Waals surface area (Å²) in [6, 6.07) is 10.8. The Labute approximate surface area is 153 Å². The van der Waals surface area contributed by atoms with Crippen molar-refractivity contribution in [3.05, 3.63) is 84.0 Å². The molecule has 0 amide bonds. The molecule has 1 saturated carbocycles. The molecule has 0 saturated heterocycles. The first-order valence-corrected chi connectivity index (χ1v) is 9.84. The van der Waals surface area contributed by atoms with Gasteiger partial charge in [0, 0.05) is 5.54 Å². The molecule has 0 aromatic heterocycles. The molecule has 2 aliphatic rings. The quantitative estimate of drug-likeness (QED) is 0.697. The van der Waals surface area contributed by atoms with Crippen LogP contribution in [0.5, 0.6) is 0 Å². The maximum atomic E-state index is 7.22. The second kappa shape index (κ2) is 9.01. The van der Waals surface area contributed by atoms with Crippen LogP contribution < -0.4 is 5.73 Å². The van der Waals surface area contributed by atoms with Crippen molar-refractivity contribution in [2.45, 2.75) is 56.9 Å². The van der Waals surface area contributed by atoms with Crippen molar-refractivity contribution in [3.8, 4) is 0 Å². The number of benzene rings is 1. The maximum absolute atomic E-state index is 7.22. The maximum Gasteiger partial charge on any atom is 0.0478 e. The van der Waals surface area contributed by atoms with Crippen molar-refractivity contribution in [3.63, 3.8) is 0 Å². The molecule has 0 aliphatic heterocycles. The highest BCUT2D eigenvalue weighted by atomic mass is 14.8. The third kappa shape index (κ3) is 4.83. The standard InChI is InChI=1S/C24H31N/c25-24(23-18-12-7-13-19-23,22-16-10-5-2-6-11-17-22)20-21-14-8-3-1-4-9-15-21/h1,3-4,7-9,12-15,18-19,22H,2,5-6,10-11,16-17,20,25H2/b3-1+,4-1?,8-3?,9-4-,14-8-,15-9?,21-14?,21-15-. The summed E-state index contributed by atoms with van der Waals surface area (Å²) < 4.78 is 0. The van der Waals surface area contributed by atoms with E-state index in [-0.39, 0.29) is 5.54 Å². The van der Waals surface area contributed by atoms with Gasteiger partial charge in [-0.05, 0) is 36.3 Å². The van der Waals surface area contributed by atoms with E-state index in [9.17, 15) is 0 Å². The summed E-state index contributed by atoms with van der Waals surface area (Å²) in [4.78, 5) is 0. The highest BCUT2D eigenvalue weighted by molar-refractivity contribution is 5.35. The third-order valence-corrected chi connectivity index (χ3v) is 5.71. The largest absolute Gasteiger partial charge is 0.321 e. The fraction of sp³-hybridized carbons (Fsp3) is 0.417. The zero-order valence-electron chi connectivity index (χ0n) is 15.2. The van der Waals surface area contributed by atoms with Gasteiger partial charge in [-0.3, -0.25) is 0 Å². The van der Waals surface area contributed by atoms with Crippen molar-refractivity contribution in [2.24, 2.45) is 11.7 Å². The van der Waals surface area contributed by atoms with Crippen molar-refractivity contribution >= 4 is 0 Å². The second-order valence-corrected chi connectivity index (χ2v) is 7.50. The first-order valence-electron chi connectivity index (χ1n) is 9.84. The predicted octanol–water partition coefficient (Wildman–Crippen LogP) is 6.20. The van der Waals surface area contributed by atoms with Crippen LogP contribution in [-0.4, -0.2) is 0 Å². The summed E-state index contributed by atoms with van der Waals surface area (Å²) in [7, 11) is 0. The summed E-state index contributed by atoms with van der Waals surface area (Å²) in [5, 5.41) is 0. The molecule has 25 heavy (non-hydrogen) atoms. The number of allylic oxidation sites excluding steroid dienone is 7. The number of hydrogen-bond acceptors (Lipinski definition) is 1. The fourth-order valence-corrected chi connectivity index (χ4v) is 4.26. The molecule has 2 aliphatic carbocycles. The monoisotopic (exact) mass is 333 g/mol. The van der Waals surface area contributed by atoms with Crippen molar-refractivity contribution < 1.29 is 0 Å². The molecule has 2 N–H and O–H groups in total. The van der Waals surface area contributed by atoms with Gasteiger partial charge in [-0.25, -0.2) is 0 Å². The minimum atomic E-state index is -0.286. The van der Waals surface area contributed by atoms with Gasteiger partial charge in [0.1, 0.15) is 0 Å². The van der Waals surface area contributed by atoms with Gasteiger partial charge in [0.25, 0.3) is 0 Å². The Kier molecular flexibility index (Phi) is 6.47. The van der Waals surface area contributed by atoms with E-state index in [2.05, 4.69) is 72.9 Å². The molecular formula is C24H31N. The fourth-order valence-electron chi connectivity index (χ4n) is 4.26. The van der Waals surface area contributed by atoms with Gasteiger partial charge in [0.2, 0.25) is 0 Å². The average molecular weight is 334 g/mol. The molecule has 3 rings (SSSR count). The van der Waals surface area contributed by atoms with Gasteiger partial charge >= 0.3 is 0 Å². The SMILES string of the molecule is NC(CC1=C\C=C/C=C/C=C\1)(c1ccccc1)C1CCCCCCC1. The Morgan fingerprint density at radius 2 is 1.44 bits per heavy atom. The minimum Gasteiger partial charge on any atom is -0.321 e. The molecule has 1 unspecified atom stereocenters. The first kappa shape index (κ1) is 17.9. The van der Waals surface area contributed by atoms with Crippen LogP contribution in [-0.2, 0) is 5.54 Å². The molecule has 1 aromatic rings. The molecule has 1 aromatic carbocycles. The van der Waals surface area contributed by atoms with Gasteiger partial charge in [-0.15, -0.1) is 0 Å². The molecule has 0 bridgehead atoms. The normalized spacial score (nSPS) is 27.5. The Bertz CT molecular complexity index is 642. The molecule has 0 radical (unpaired) electrons. The van der Waals surface area contributed by atoms with E-state index in [0.29, 0.717) is 5.92 Å². The van der Waals surface area contributed by atoms with Crippen molar-refractivity contribution in [2.75, 3.05) is 0 Å². The molecule has 1 heteroatoms. The molecular weight excluding hydrogens is 302 g/mol. The summed E-state index contributed by atoms with van der Waals surface area (Å²) >= 11 is 0.